The molecule has 0 aromatic carbocycles. The number of aromatic nitrogens is 3. The third kappa shape index (κ3) is 4.04. The van der Waals surface area contributed by atoms with E-state index in [-0.39, 0.29) is 23.6 Å². The van der Waals surface area contributed by atoms with Crippen LogP contribution in [-0.4, -0.2) is 64.8 Å². The van der Waals surface area contributed by atoms with Gasteiger partial charge in [0, 0.05) is 19.3 Å². The van der Waals surface area contributed by atoms with Crippen molar-refractivity contribution in [3.05, 3.63) is 28.8 Å². The van der Waals surface area contributed by atoms with Gasteiger partial charge < -0.3 is 9.47 Å². The van der Waals surface area contributed by atoms with E-state index in [1.54, 1.807) is 20.8 Å². The zero-order valence-corrected chi connectivity index (χ0v) is 16.2. The molecule has 0 atom stereocenters. The van der Waals surface area contributed by atoms with E-state index in [0.29, 0.717) is 13.2 Å². The number of esters is 1. The lowest BCUT2D eigenvalue weighted by atomic mass is 10.2. The van der Waals surface area contributed by atoms with Gasteiger partial charge >= 0.3 is 11.7 Å². The van der Waals surface area contributed by atoms with Crippen LogP contribution in [0.1, 0.15) is 20.8 Å². The van der Waals surface area contributed by atoms with Crippen molar-refractivity contribution in [2.45, 2.75) is 37.8 Å². The first-order valence-corrected chi connectivity index (χ1v) is 9.91. The second-order valence-corrected chi connectivity index (χ2v) is 9.02. The molecule has 0 aliphatic carbocycles. The summed E-state index contributed by atoms with van der Waals surface area (Å²) in [6.45, 7) is 5.80. The van der Waals surface area contributed by atoms with Gasteiger partial charge in [-0.25, -0.2) is 22.3 Å². The molecule has 148 valence electrons. The molecule has 0 radical (unpaired) electrons. The van der Waals surface area contributed by atoms with Crippen LogP contribution in [0.4, 0.5) is 0 Å². The minimum Gasteiger partial charge on any atom is -0.459 e. The Balaban J connectivity index is 2.00. The summed E-state index contributed by atoms with van der Waals surface area (Å²) in [5.41, 5.74) is -1.35. The number of nitrogens with zero attached hydrogens (tertiary/aromatic N) is 4. The van der Waals surface area contributed by atoms with E-state index in [4.69, 9.17) is 9.47 Å². The Kier molecular flexibility index (Phi) is 5.10. The van der Waals surface area contributed by atoms with Crippen LogP contribution in [0, 0.1) is 0 Å². The van der Waals surface area contributed by atoms with Gasteiger partial charge in [0.15, 0.2) is 5.65 Å². The third-order valence-corrected chi connectivity index (χ3v) is 5.78. The van der Waals surface area contributed by atoms with Crippen LogP contribution in [0.2, 0.25) is 0 Å². The number of carbonyl (C=O) groups is 1. The average molecular weight is 398 g/mol. The molecular weight excluding hydrogens is 376 g/mol. The van der Waals surface area contributed by atoms with Crippen molar-refractivity contribution >= 4 is 21.6 Å². The molecule has 0 N–H and O–H groups in total. The van der Waals surface area contributed by atoms with Crippen molar-refractivity contribution in [1.82, 2.24) is 18.5 Å². The average Bonchev–Trinajstić information content (AvgIpc) is 2.90. The summed E-state index contributed by atoms with van der Waals surface area (Å²) < 4.78 is 39.6. The maximum atomic E-state index is 12.9. The Morgan fingerprint density at radius 3 is 2.59 bits per heavy atom. The van der Waals surface area contributed by atoms with Gasteiger partial charge in [0.1, 0.15) is 17.0 Å². The summed E-state index contributed by atoms with van der Waals surface area (Å²) in [7, 11) is -3.85. The van der Waals surface area contributed by atoms with Crippen molar-refractivity contribution in [2.24, 2.45) is 0 Å². The van der Waals surface area contributed by atoms with Gasteiger partial charge in [-0.1, -0.05) is 0 Å². The maximum absolute atomic E-state index is 12.9. The molecule has 0 bridgehead atoms. The lowest BCUT2D eigenvalue weighted by Crippen LogP contribution is -2.40. The minimum atomic E-state index is -3.85. The molecule has 1 saturated heterocycles. The topological polar surface area (TPSA) is 112 Å². The molecular formula is C16H22N4O6S. The standard InChI is InChI=1S/C16H22N4O6S/c1-16(2,3)26-13(21)11-20-15(22)19-6-4-5-12(14(19)17-20)27(23,24)18-7-9-25-10-8-18/h4-6H,7-11H2,1-3H3. The highest BCUT2D eigenvalue weighted by molar-refractivity contribution is 7.89. The fourth-order valence-corrected chi connectivity index (χ4v) is 4.27. The third-order valence-electron chi connectivity index (χ3n) is 3.86. The minimum absolute atomic E-state index is 0.0300. The molecule has 1 aliphatic heterocycles. The van der Waals surface area contributed by atoms with Crippen LogP contribution in [0.3, 0.4) is 0 Å². The normalized spacial score (nSPS) is 16.6. The number of carbonyl (C=O) groups excluding carboxylic acids is 1. The largest absolute Gasteiger partial charge is 0.459 e. The smallest absolute Gasteiger partial charge is 0.350 e. The van der Waals surface area contributed by atoms with Crippen LogP contribution in [0.15, 0.2) is 28.0 Å². The Bertz CT molecular complexity index is 1010. The van der Waals surface area contributed by atoms with E-state index in [1.165, 1.54) is 22.6 Å². The summed E-state index contributed by atoms with van der Waals surface area (Å²) in [6, 6.07) is 2.85. The molecule has 2 aromatic rings. The first kappa shape index (κ1) is 19.5. The molecule has 0 saturated carbocycles. The number of hydrogen-bond donors (Lipinski definition) is 0. The number of rotatable bonds is 4. The van der Waals surface area contributed by atoms with E-state index in [0.717, 1.165) is 9.08 Å². The van der Waals surface area contributed by atoms with Gasteiger partial charge in [-0.3, -0.25) is 4.79 Å². The SMILES string of the molecule is CC(C)(C)OC(=O)Cn1nc2c(S(=O)(=O)N3CCOCC3)cccn2c1=O. The Hall–Kier alpha value is -2.24. The highest BCUT2D eigenvalue weighted by Crippen LogP contribution is 2.20. The second-order valence-electron chi connectivity index (χ2n) is 7.11. The zero-order chi connectivity index (χ0) is 19.8. The van der Waals surface area contributed by atoms with Gasteiger partial charge in [0.05, 0.1) is 13.2 Å². The van der Waals surface area contributed by atoms with Gasteiger partial charge in [-0.2, -0.15) is 4.31 Å². The van der Waals surface area contributed by atoms with Gasteiger partial charge in [-0.05, 0) is 32.9 Å². The molecule has 11 heteroatoms. The van der Waals surface area contributed by atoms with E-state index in [9.17, 15) is 18.0 Å². The molecule has 3 heterocycles. The van der Waals surface area contributed by atoms with Crippen molar-refractivity contribution < 1.29 is 22.7 Å². The number of pyridine rings is 1. The monoisotopic (exact) mass is 398 g/mol. The number of fused-ring (bicyclic) bond motifs is 1. The molecule has 1 aliphatic rings. The lowest BCUT2D eigenvalue weighted by molar-refractivity contribution is -0.155. The Morgan fingerprint density at radius 1 is 1.30 bits per heavy atom. The molecule has 1 fully saturated rings. The summed E-state index contributed by atoms with van der Waals surface area (Å²) >= 11 is 0. The molecule has 0 amide bonds. The van der Waals surface area contributed by atoms with Crippen LogP contribution >= 0.6 is 0 Å². The van der Waals surface area contributed by atoms with Crippen LogP contribution in [-0.2, 0) is 30.8 Å². The van der Waals surface area contributed by atoms with Gasteiger partial charge in [0.2, 0.25) is 10.0 Å². The molecule has 0 spiro atoms. The van der Waals surface area contributed by atoms with Gasteiger partial charge in [0.25, 0.3) is 0 Å². The second kappa shape index (κ2) is 7.06. The van der Waals surface area contributed by atoms with E-state index in [1.807, 2.05) is 0 Å². The van der Waals surface area contributed by atoms with Gasteiger partial charge in [-0.15, -0.1) is 5.10 Å². The predicted molar refractivity (Wildman–Crippen MR) is 94.9 cm³/mol. The van der Waals surface area contributed by atoms with Crippen molar-refractivity contribution in [1.29, 1.82) is 0 Å². The first-order valence-electron chi connectivity index (χ1n) is 8.47. The van der Waals surface area contributed by atoms with E-state index in [2.05, 4.69) is 5.10 Å². The molecule has 3 rings (SSSR count). The number of morpholine rings is 1. The van der Waals surface area contributed by atoms with Crippen molar-refractivity contribution in [2.75, 3.05) is 26.3 Å². The number of hydrogen-bond acceptors (Lipinski definition) is 7. The molecule has 0 unspecified atom stereocenters. The fraction of sp³-hybridized carbons (Fsp3) is 0.562. The lowest BCUT2D eigenvalue weighted by Gasteiger charge is -2.25. The molecule has 2 aromatic heterocycles. The summed E-state index contributed by atoms with van der Waals surface area (Å²) in [5.74, 6) is -0.634. The summed E-state index contributed by atoms with van der Waals surface area (Å²) in [4.78, 5) is 24.4. The number of ether oxygens (including phenoxy) is 2. The molecule has 27 heavy (non-hydrogen) atoms. The number of sulfonamides is 1. The van der Waals surface area contributed by atoms with Crippen LogP contribution in [0.5, 0.6) is 0 Å². The maximum Gasteiger partial charge on any atom is 0.350 e. The summed E-state index contributed by atoms with van der Waals surface area (Å²) in [6.07, 6.45) is 1.41. The summed E-state index contributed by atoms with van der Waals surface area (Å²) in [5, 5.41) is 4.07. The predicted octanol–water partition coefficient (Wildman–Crippen LogP) is -0.141. The Morgan fingerprint density at radius 2 is 1.96 bits per heavy atom. The van der Waals surface area contributed by atoms with Crippen molar-refractivity contribution in [3.8, 4) is 0 Å². The highest BCUT2D eigenvalue weighted by Gasteiger charge is 2.30. The highest BCUT2D eigenvalue weighted by atomic mass is 32.2. The first-order chi connectivity index (χ1) is 12.6. The van der Waals surface area contributed by atoms with E-state index < -0.39 is 33.8 Å². The van der Waals surface area contributed by atoms with Crippen LogP contribution < -0.4 is 5.69 Å². The zero-order valence-electron chi connectivity index (χ0n) is 15.4. The fourth-order valence-electron chi connectivity index (χ4n) is 2.74. The molecule has 10 nitrogen and oxygen atoms in total. The van der Waals surface area contributed by atoms with E-state index >= 15 is 0 Å². The van der Waals surface area contributed by atoms with Crippen LogP contribution in [0.25, 0.3) is 5.65 Å². The quantitative estimate of drug-likeness (QED) is 0.659. The Labute approximate surface area is 156 Å². The van der Waals surface area contributed by atoms with Crippen molar-refractivity contribution in [3.63, 3.8) is 0 Å².